The van der Waals surface area contributed by atoms with Crippen molar-refractivity contribution >= 4 is 23.2 Å². The summed E-state index contributed by atoms with van der Waals surface area (Å²) in [5.41, 5.74) is 2.00. The first-order valence-corrected chi connectivity index (χ1v) is 6.48. The van der Waals surface area contributed by atoms with E-state index in [9.17, 15) is 0 Å². The predicted octanol–water partition coefficient (Wildman–Crippen LogP) is 4.53. The minimum atomic E-state index is 0.386. The summed E-state index contributed by atoms with van der Waals surface area (Å²) in [6.07, 6.45) is 0.933. The number of para-hydroxylation sites is 1. The summed E-state index contributed by atoms with van der Waals surface area (Å²) in [6.45, 7) is 2.49. The molecule has 0 fully saturated rings. The maximum absolute atomic E-state index is 5.99. The Kier molecular flexibility index (Phi) is 4.45. The molecule has 0 N–H and O–H groups in total. The summed E-state index contributed by atoms with van der Waals surface area (Å²) < 4.78 is 5.77. The number of nitrogens with zero attached hydrogens (tertiary/aromatic N) is 1. The van der Waals surface area contributed by atoms with Crippen LogP contribution in [0.15, 0.2) is 36.4 Å². The maximum atomic E-state index is 5.99. The van der Waals surface area contributed by atoms with Crippen LogP contribution in [-0.4, -0.2) is 4.98 Å². The van der Waals surface area contributed by atoms with E-state index in [0.717, 1.165) is 17.7 Å². The summed E-state index contributed by atoms with van der Waals surface area (Å²) in [5, 5.41) is 0.772. The van der Waals surface area contributed by atoms with Crippen LogP contribution in [0.25, 0.3) is 0 Å². The van der Waals surface area contributed by atoms with Crippen LogP contribution in [0, 0.1) is 0 Å². The van der Waals surface area contributed by atoms with E-state index in [1.165, 1.54) is 5.56 Å². The van der Waals surface area contributed by atoms with Crippen molar-refractivity contribution in [3.8, 4) is 5.75 Å². The second-order valence-electron chi connectivity index (χ2n) is 3.83. The van der Waals surface area contributed by atoms with Crippen LogP contribution in [0.2, 0.25) is 10.3 Å². The minimum absolute atomic E-state index is 0.386. The zero-order valence-corrected chi connectivity index (χ0v) is 11.5. The molecule has 2 aromatic rings. The summed E-state index contributed by atoms with van der Waals surface area (Å²) >= 11 is 11.7. The van der Waals surface area contributed by atoms with Gasteiger partial charge in [0, 0.05) is 5.56 Å². The number of benzene rings is 1. The summed E-state index contributed by atoms with van der Waals surface area (Å²) in [4.78, 5) is 3.98. The van der Waals surface area contributed by atoms with Gasteiger partial charge in [0.1, 0.15) is 22.7 Å². The van der Waals surface area contributed by atoms with Crippen LogP contribution in [0.3, 0.4) is 0 Å². The zero-order chi connectivity index (χ0) is 13.0. The lowest BCUT2D eigenvalue weighted by Crippen LogP contribution is -1.99. The summed E-state index contributed by atoms with van der Waals surface area (Å²) in [6, 6.07) is 11.5. The van der Waals surface area contributed by atoms with Crippen molar-refractivity contribution in [1.29, 1.82) is 0 Å². The van der Waals surface area contributed by atoms with E-state index in [1.54, 1.807) is 6.07 Å². The summed E-state index contributed by atoms with van der Waals surface area (Å²) in [5.74, 6) is 0.881. The third-order valence-corrected chi connectivity index (χ3v) is 3.17. The first-order chi connectivity index (χ1) is 8.70. The highest BCUT2D eigenvalue weighted by molar-refractivity contribution is 6.32. The van der Waals surface area contributed by atoms with Gasteiger partial charge >= 0.3 is 0 Å². The fraction of sp³-hybridized carbons (Fsp3) is 0.214. The van der Waals surface area contributed by atoms with Gasteiger partial charge < -0.3 is 4.74 Å². The van der Waals surface area contributed by atoms with Gasteiger partial charge in [-0.1, -0.05) is 48.3 Å². The van der Waals surface area contributed by atoms with Crippen LogP contribution >= 0.6 is 23.2 Å². The lowest BCUT2D eigenvalue weighted by molar-refractivity contribution is 0.303. The van der Waals surface area contributed by atoms with E-state index in [1.807, 2.05) is 24.3 Å². The van der Waals surface area contributed by atoms with Crippen molar-refractivity contribution in [3.63, 3.8) is 0 Å². The molecule has 0 radical (unpaired) electrons. The monoisotopic (exact) mass is 281 g/mol. The highest BCUT2D eigenvalue weighted by atomic mass is 35.5. The second kappa shape index (κ2) is 6.07. The molecular weight excluding hydrogens is 269 g/mol. The average molecular weight is 282 g/mol. The van der Waals surface area contributed by atoms with Gasteiger partial charge in [-0.25, -0.2) is 4.98 Å². The largest absolute Gasteiger partial charge is 0.489 e. The number of aryl methyl sites for hydroxylation is 1. The fourth-order valence-corrected chi connectivity index (χ4v) is 2.04. The van der Waals surface area contributed by atoms with Gasteiger partial charge in [0.15, 0.2) is 0 Å². The van der Waals surface area contributed by atoms with Gasteiger partial charge in [0.05, 0.1) is 0 Å². The molecule has 2 nitrogen and oxygen atoms in total. The maximum Gasteiger partial charge on any atom is 0.137 e. The third kappa shape index (κ3) is 3.15. The van der Waals surface area contributed by atoms with Gasteiger partial charge in [-0.2, -0.15) is 0 Å². The van der Waals surface area contributed by atoms with Crippen molar-refractivity contribution < 1.29 is 4.74 Å². The molecule has 2 rings (SSSR count). The van der Waals surface area contributed by atoms with Gasteiger partial charge in [-0.15, -0.1) is 0 Å². The number of ether oxygens (including phenoxy) is 1. The molecule has 1 aromatic heterocycles. The Labute approximate surface area is 117 Å². The normalized spacial score (nSPS) is 10.4. The molecule has 94 valence electrons. The molecule has 0 aliphatic rings. The van der Waals surface area contributed by atoms with E-state index in [4.69, 9.17) is 27.9 Å². The molecule has 0 spiro atoms. The highest BCUT2D eigenvalue weighted by Crippen LogP contribution is 2.22. The Morgan fingerprint density at radius 2 is 1.83 bits per heavy atom. The minimum Gasteiger partial charge on any atom is -0.489 e. The predicted molar refractivity (Wildman–Crippen MR) is 74.4 cm³/mol. The lowest BCUT2D eigenvalue weighted by Gasteiger charge is -2.10. The van der Waals surface area contributed by atoms with Gasteiger partial charge in [0.2, 0.25) is 0 Å². The fourth-order valence-electron chi connectivity index (χ4n) is 1.64. The molecule has 0 unspecified atom stereocenters. The first kappa shape index (κ1) is 13.2. The molecule has 4 heteroatoms. The molecule has 0 saturated heterocycles. The molecule has 18 heavy (non-hydrogen) atoms. The number of halogens is 2. The Morgan fingerprint density at radius 3 is 2.56 bits per heavy atom. The van der Waals surface area contributed by atoms with E-state index in [0.29, 0.717) is 16.9 Å². The van der Waals surface area contributed by atoms with E-state index < -0.39 is 0 Å². The first-order valence-electron chi connectivity index (χ1n) is 5.72. The Hall–Kier alpha value is -1.25. The van der Waals surface area contributed by atoms with Crippen LogP contribution in [0.1, 0.15) is 18.1 Å². The van der Waals surface area contributed by atoms with Crippen molar-refractivity contribution in [3.05, 3.63) is 57.8 Å². The molecule has 0 aliphatic heterocycles. The topological polar surface area (TPSA) is 22.1 Å². The molecular formula is C14H13Cl2NO. The third-order valence-electron chi connectivity index (χ3n) is 2.63. The second-order valence-corrected chi connectivity index (χ2v) is 4.58. The molecule has 0 aliphatic carbocycles. The van der Waals surface area contributed by atoms with Crippen LogP contribution in [0.5, 0.6) is 5.75 Å². The van der Waals surface area contributed by atoms with Gasteiger partial charge in [-0.05, 0) is 30.2 Å². The number of hydrogen-bond donors (Lipinski definition) is 0. The molecule has 0 atom stereocenters. The van der Waals surface area contributed by atoms with Crippen molar-refractivity contribution in [2.45, 2.75) is 20.0 Å². The zero-order valence-electron chi connectivity index (χ0n) is 9.99. The van der Waals surface area contributed by atoms with E-state index in [-0.39, 0.29) is 0 Å². The van der Waals surface area contributed by atoms with Crippen LogP contribution in [0.4, 0.5) is 0 Å². The highest BCUT2D eigenvalue weighted by Gasteiger charge is 2.05. The number of hydrogen-bond acceptors (Lipinski definition) is 2. The quantitative estimate of drug-likeness (QED) is 0.768. The van der Waals surface area contributed by atoms with Crippen molar-refractivity contribution in [2.75, 3.05) is 0 Å². The Morgan fingerprint density at radius 1 is 1.06 bits per heavy atom. The lowest BCUT2D eigenvalue weighted by atomic mass is 10.1. The SMILES string of the molecule is CCc1ccccc1OCc1ccc(Cl)nc1Cl. The van der Waals surface area contributed by atoms with E-state index in [2.05, 4.69) is 18.0 Å². The number of rotatable bonds is 4. The number of pyridine rings is 1. The average Bonchev–Trinajstić information content (AvgIpc) is 2.38. The molecule has 1 aromatic carbocycles. The van der Waals surface area contributed by atoms with Gasteiger partial charge in [0.25, 0.3) is 0 Å². The standard InChI is InChI=1S/C14H13Cl2NO/c1-2-10-5-3-4-6-12(10)18-9-11-7-8-13(15)17-14(11)16/h3-8H,2,9H2,1H3. The Bertz CT molecular complexity index is 543. The molecule has 0 saturated carbocycles. The smallest absolute Gasteiger partial charge is 0.137 e. The van der Waals surface area contributed by atoms with Crippen LogP contribution in [-0.2, 0) is 13.0 Å². The molecule has 1 heterocycles. The Balaban J connectivity index is 2.11. The van der Waals surface area contributed by atoms with E-state index >= 15 is 0 Å². The van der Waals surface area contributed by atoms with Gasteiger partial charge in [-0.3, -0.25) is 0 Å². The van der Waals surface area contributed by atoms with Crippen LogP contribution < -0.4 is 4.74 Å². The number of aromatic nitrogens is 1. The molecule has 0 amide bonds. The van der Waals surface area contributed by atoms with Crippen molar-refractivity contribution in [1.82, 2.24) is 4.98 Å². The molecule has 0 bridgehead atoms. The summed E-state index contributed by atoms with van der Waals surface area (Å²) in [7, 11) is 0. The van der Waals surface area contributed by atoms with Crippen molar-refractivity contribution in [2.24, 2.45) is 0 Å².